The quantitative estimate of drug-likeness (QED) is 0.895. The number of nitrogens with zero attached hydrogens (tertiary/aromatic N) is 2. The molecule has 7 heteroatoms. The lowest BCUT2D eigenvalue weighted by Gasteiger charge is -2.09. The molecule has 0 atom stereocenters. The van der Waals surface area contributed by atoms with Crippen LogP contribution in [-0.2, 0) is 0 Å². The van der Waals surface area contributed by atoms with E-state index in [0.717, 1.165) is 0 Å². The molecule has 2 aromatic rings. The molecule has 0 aliphatic carbocycles. The second-order valence-corrected chi connectivity index (χ2v) is 3.96. The van der Waals surface area contributed by atoms with Gasteiger partial charge in [-0.25, -0.2) is 9.78 Å². The van der Waals surface area contributed by atoms with Gasteiger partial charge in [-0.3, -0.25) is 4.98 Å². The molecule has 1 aromatic carbocycles. The van der Waals surface area contributed by atoms with Crippen LogP contribution in [0.3, 0.4) is 0 Å². The second kappa shape index (κ2) is 5.53. The van der Waals surface area contributed by atoms with E-state index in [1.165, 1.54) is 25.6 Å². The molecule has 0 unspecified atom stereocenters. The third-order valence-corrected chi connectivity index (χ3v) is 2.49. The molecule has 0 saturated heterocycles. The lowest BCUT2D eigenvalue weighted by Crippen LogP contribution is -2.02. The number of carbonyl (C=O) groups is 1. The van der Waals surface area contributed by atoms with E-state index in [0.29, 0.717) is 11.5 Å². The number of halogens is 1. The zero-order chi connectivity index (χ0) is 13.8. The molecule has 19 heavy (non-hydrogen) atoms. The number of carboxylic acids is 1. The summed E-state index contributed by atoms with van der Waals surface area (Å²) in [4.78, 5) is 18.9. The van der Waals surface area contributed by atoms with E-state index >= 15 is 0 Å². The van der Waals surface area contributed by atoms with Gasteiger partial charge in [0, 0.05) is 11.8 Å². The fourth-order valence-corrected chi connectivity index (χ4v) is 1.64. The summed E-state index contributed by atoms with van der Waals surface area (Å²) in [5.74, 6) is -0.337. The highest BCUT2D eigenvalue weighted by atomic mass is 35.5. The Balaban J connectivity index is 2.29. The first kappa shape index (κ1) is 13.1. The first-order valence-electron chi connectivity index (χ1n) is 5.26. The third-order valence-electron chi connectivity index (χ3n) is 2.31. The van der Waals surface area contributed by atoms with Gasteiger partial charge in [0.1, 0.15) is 16.5 Å². The maximum absolute atomic E-state index is 11.0. The van der Waals surface area contributed by atoms with Gasteiger partial charge in [0.05, 0.1) is 19.5 Å². The van der Waals surface area contributed by atoms with Gasteiger partial charge in [-0.2, -0.15) is 0 Å². The fraction of sp³-hybridized carbons (Fsp3) is 0.0833. The normalized spacial score (nSPS) is 10.0. The molecule has 0 fully saturated rings. The van der Waals surface area contributed by atoms with E-state index in [1.807, 2.05) is 0 Å². The summed E-state index contributed by atoms with van der Waals surface area (Å²) in [7, 11) is 1.41. The topological polar surface area (TPSA) is 84.3 Å². The highest BCUT2D eigenvalue weighted by Gasteiger charge is 2.11. The third kappa shape index (κ3) is 3.11. The van der Waals surface area contributed by atoms with Crippen LogP contribution >= 0.6 is 11.6 Å². The van der Waals surface area contributed by atoms with Crippen molar-refractivity contribution in [2.75, 3.05) is 12.4 Å². The van der Waals surface area contributed by atoms with Crippen molar-refractivity contribution < 1.29 is 14.6 Å². The molecule has 0 amide bonds. The van der Waals surface area contributed by atoms with Gasteiger partial charge in [0.15, 0.2) is 5.82 Å². The maximum atomic E-state index is 11.0. The Labute approximate surface area is 114 Å². The number of anilines is 2. The van der Waals surface area contributed by atoms with E-state index in [2.05, 4.69) is 15.3 Å². The largest absolute Gasteiger partial charge is 0.496 e. The molecule has 1 aromatic heterocycles. The van der Waals surface area contributed by atoms with Crippen LogP contribution in [0.2, 0.25) is 5.15 Å². The number of rotatable bonds is 4. The first-order chi connectivity index (χ1) is 9.10. The van der Waals surface area contributed by atoms with Gasteiger partial charge in [-0.15, -0.1) is 0 Å². The molecular formula is C12H10ClN3O3. The standard InChI is InChI=1S/C12H10ClN3O3/c1-19-9-4-7(2-3-8(9)12(17)18)15-11-6-14-5-10(13)16-11/h2-6H,1H3,(H,15,16)(H,17,18). The van der Waals surface area contributed by atoms with Crippen LogP contribution in [0, 0.1) is 0 Å². The molecule has 2 N–H and O–H groups in total. The summed E-state index contributed by atoms with van der Waals surface area (Å²) < 4.78 is 5.03. The minimum atomic E-state index is -1.05. The summed E-state index contributed by atoms with van der Waals surface area (Å²) in [6, 6.07) is 4.61. The monoisotopic (exact) mass is 279 g/mol. The van der Waals surface area contributed by atoms with Crippen LogP contribution in [0.5, 0.6) is 5.75 Å². The number of methoxy groups -OCH3 is 1. The van der Waals surface area contributed by atoms with Gasteiger partial charge in [0.2, 0.25) is 0 Å². The van der Waals surface area contributed by atoms with Crippen molar-refractivity contribution in [1.29, 1.82) is 0 Å². The Morgan fingerprint density at radius 1 is 1.42 bits per heavy atom. The van der Waals surface area contributed by atoms with Crippen LogP contribution in [0.25, 0.3) is 0 Å². The lowest BCUT2D eigenvalue weighted by molar-refractivity contribution is 0.0693. The van der Waals surface area contributed by atoms with Gasteiger partial charge in [-0.1, -0.05) is 11.6 Å². The Morgan fingerprint density at radius 2 is 2.21 bits per heavy atom. The number of hydrogen-bond acceptors (Lipinski definition) is 5. The van der Waals surface area contributed by atoms with E-state index in [-0.39, 0.29) is 16.5 Å². The minimum Gasteiger partial charge on any atom is -0.496 e. The number of hydrogen-bond donors (Lipinski definition) is 2. The van der Waals surface area contributed by atoms with Gasteiger partial charge >= 0.3 is 5.97 Å². The SMILES string of the molecule is COc1cc(Nc2cncc(Cl)n2)ccc1C(=O)O. The summed E-state index contributed by atoms with van der Waals surface area (Å²) >= 11 is 5.72. The molecule has 98 valence electrons. The molecule has 0 saturated carbocycles. The number of aromatic carboxylic acids is 1. The van der Waals surface area contributed by atoms with E-state index in [9.17, 15) is 4.79 Å². The molecular weight excluding hydrogens is 270 g/mol. The van der Waals surface area contributed by atoms with Crippen molar-refractivity contribution in [2.45, 2.75) is 0 Å². The molecule has 0 aliphatic rings. The van der Waals surface area contributed by atoms with Crippen LogP contribution in [0.4, 0.5) is 11.5 Å². The minimum absolute atomic E-state index is 0.0882. The maximum Gasteiger partial charge on any atom is 0.339 e. The summed E-state index contributed by atoms with van der Waals surface area (Å²) in [5, 5.41) is 12.2. The summed E-state index contributed by atoms with van der Waals surface area (Å²) in [6.07, 6.45) is 2.92. The van der Waals surface area contributed by atoms with Crippen LogP contribution < -0.4 is 10.1 Å². The first-order valence-corrected chi connectivity index (χ1v) is 5.64. The smallest absolute Gasteiger partial charge is 0.339 e. The van der Waals surface area contributed by atoms with Gasteiger partial charge < -0.3 is 15.2 Å². The molecule has 2 rings (SSSR count). The van der Waals surface area contributed by atoms with E-state index < -0.39 is 5.97 Å². The van der Waals surface area contributed by atoms with Crippen LogP contribution in [0.15, 0.2) is 30.6 Å². The zero-order valence-electron chi connectivity index (χ0n) is 9.92. The number of benzene rings is 1. The number of ether oxygens (including phenoxy) is 1. The predicted octanol–water partition coefficient (Wildman–Crippen LogP) is 2.58. The van der Waals surface area contributed by atoms with Crippen molar-refractivity contribution >= 4 is 29.1 Å². The molecule has 6 nitrogen and oxygen atoms in total. The number of carboxylic acid groups (broad SMARTS) is 1. The Hall–Kier alpha value is -2.34. The van der Waals surface area contributed by atoms with Gasteiger partial charge in [-0.05, 0) is 12.1 Å². The Kier molecular flexibility index (Phi) is 3.82. The van der Waals surface area contributed by atoms with E-state index in [1.54, 1.807) is 12.1 Å². The average Bonchev–Trinajstić information content (AvgIpc) is 2.38. The average molecular weight is 280 g/mol. The molecule has 1 heterocycles. The molecule has 0 radical (unpaired) electrons. The molecule has 0 aliphatic heterocycles. The molecule has 0 bridgehead atoms. The summed E-state index contributed by atoms with van der Waals surface area (Å²) in [5.41, 5.74) is 0.712. The summed E-state index contributed by atoms with van der Waals surface area (Å²) in [6.45, 7) is 0. The van der Waals surface area contributed by atoms with Crippen molar-refractivity contribution in [3.63, 3.8) is 0 Å². The fourth-order valence-electron chi connectivity index (χ4n) is 1.50. The predicted molar refractivity (Wildman–Crippen MR) is 70.3 cm³/mol. The van der Waals surface area contributed by atoms with Crippen molar-refractivity contribution in [2.24, 2.45) is 0 Å². The van der Waals surface area contributed by atoms with E-state index in [4.69, 9.17) is 21.4 Å². The van der Waals surface area contributed by atoms with Gasteiger partial charge in [0.25, 0.3) is 0 Å². The Bertz CT molecular complexity index is 619. The number of nitrogens with one attached hydrogen (secondary N) is 1. The number of aromatic nitrogens is 2. The van der Waals surface area contributed by atoms with Crippen molar-refractivity contribution in [3.05, 3.63) is 41.3 Å². The Morgan fingerprint density at radius 3 is 2.84 bits per heavy atom. The lowest BCUT2D eigenvalue weighted by atomic mass is 10.2. The van der Waals surface area contributed by atoms with Crippen molar-refractivity contribution in [3.8, 4) is 5.75 Å². The highest BCUT2D eigenvalue weighted by molar-refractivity contribution is 6.29. The van der Waals surface area contributed by atoms with Crippen molar-refractivity contribution in [1.82, 2.24) is 9.97 Å². The van der Waals surface area contributed by atoms with Crippen LogP contribution in [0.1, 0.15) is 10.4 Å². The second-order valence-electron chi connectivity index (χ2n) is 3.57. The zero-order valence-corrected chi connectivity index (χ0v) is 10.7. The molecule has 0 spiro atoms. The highest BCUT2D eigenvalue weighted by Crippen LogP contribution is 2.25. The van der Waals surface area contributed by atoms with Crippen LogP contribution in [-0.4, -0.2) is 28.2 Å².